The van der Waals surface area contributed by atoms with E-state index in [-0.39, 0.29) is 0 Å². The molecule has 1 aromatic heterocycles. The van der Waals surface area contributed by atoms with Crippen LogP contribution >= 0.6 is 11.6 Å². The number of rotatable bonds is 3. The Hall–Kier alpha value is -2.33. The maximum Gasteiger partial charge on any atom is 0.162 e. The average Bonchev–Trinajstić information content (AvgIpc) is 2.54. The number of fused-ring (bicyclic) bond motifs is 1. The van der Waals surface area contributed by atoms with Crippen molar-refractivity contribution in [2.75, 3.05) is 19.5 Å². The summed E-state index contributed by atoms with van der Waals surface area (Å²) in [5, 5.41) is 4.73. The highest BCUT2D eigenvalue weighted by atomic mass is 35.5. The number of nitrogens with one attached hydrogen (secondary N) is 1. The predicted molar refractivity (Wildman–Crippen MR) is 86.1 cm³/mol. The molecule has 0 saturated heterocycles. The Kier molecular flexibility index (Phi) is 3.62. The van der Waals surface area contributed by atoms with Gasteiger partial charge in [-0.25, -0.2) is 9.97 Å². The van der Waals surface area contributed by atoms with Crippen molar-refractivity contribution in [3.63, 3.8) is 0 Å². The van der Waals surface area contributed by atoms with Gasteiger partial charge in [-0.2, -0.15) is 0 Å². The van der Waals surface area contributed by atoms with Crippen LogP contribution in [0.25, 0.3) is 22.3 Å². The fourth-order valence-electron chi connectivity index (χ4n) is 2.15. The third kappa shape index (κ3) is 2.62. The van der Waals surface area contributed by atoms with Crippen molar-refractivity contribution in [3.05, 3.63) is 47.5 Å². The quantitative estimate of drug-likeness (QED) is 0.794. The molecule has 2 aromatic carbocycles. The Labute approximate surface area is 127 Å². The van der Waals surface area contributed by atoms with Gasteiger partial charge in [-0.3, -0.25) is 0 Å². The van der Waals surface area contributed by atoms with Crippen molar-refractivity contribution in [3.8, 4) is 17.1 Å². The first-order chi connectivity index (χ1) is 10.2. The fourth-order valence-corrected chi connectivity index (χ4v) is 2.28. The van der Waals surface area contributed by atoms with Crippen molar-refractivity contribution in [1.82, 2.24) is 9.97 Å². The zero-order valence-electron chi connectivity index (χ0n) is 11.7. The smallest absolute Gasteiger partial charge is 0.162 e. The summed E-state index contributed by atoms with van der Waals surface area (Å²) in [6.45, 7) is 0. The SMILES string of the molecule is CNc1nc(-c2ccc(Cl)cc2)nc2ccc(OC)cc12. The second-order valence-corrected chi connectivity index (χ2v) is 4.97. The number of anilines is 1. The van der Waals surface area contributed by atoms with Gasteiger partial charge in [0.2, 0.25) is 0 Å². The number of methoxy groups -OCH3 is 1. The molecule has 0 saturated carbocycles. The Morgan fingerprint density at radius 2 is 1.81 bits per heavy atom. The van der Waals surface area contributed by atoms with Gasteiger partial charge in [0.1, 0.15) is 11.6 Å². The molecule has 0 radical (unpaired) electrons. The van der Waals surface area contributed by atoms with Crippen LogP contribution in [0, 0.1) is 0 Å². The first kappa shape index (κ1) is 13.6. The van der Waals surface area contributed by atoms with E-state index in [4.69, 9.17) is 16.3 Å². The highest BCUT2D eigenvalue weighted by molar-refractivity contribution is 6.30. The molecule has 4 nitrogen and oxygen atoms in total. The van der Waals surface area contributed by atoms with Gasteiger partial charge in [0.15, 0.2) is 5.82 Å². The van der Waals surface area contributed by atoms with E-state index in [0.717, 1.165) is 28.0 Å². The number of benzene rings is 2. The topological polar surface area (TPSA) is 47.0 Å². The third-order valence-corrected chi connectivity index (χ3v) is 3.49. The molecular weight excluding hydrogens is 286 g/mol. The number of aromatic nitrogens is 2. The van der Waals surface area contributed by atoms with E-state index in [1.807, 2.05) is 49.5 Å². The summed E-state index contributed by atoms with van der Waals surface area (Å²) >= 11 is 5.92. The van der Waals surface area contributed by atoms with Crippen LogP contribution in [-0.2, 0) is 0 Å². The molecule has 5 heteroatoms. The molecule has 106 valence electrons. The van der Waals surface area contributed by atoms with E-state index in [9.17, 15) is 0 Å². The lowest BCUT2D eigenvalue weighted by Crippen LogP contribution is -1.99. The summed E-state index contributed by atoms with van der Waals surface area (Å²) in [7, 11) is 3.48. The van der Waals surface area contributed by atoms with Crippen LogP contribution in [0.3, 0.4) is 0 Å². The molecular formula is C16H14ClN3O. The lowest BCUT2D eigenvalue weighted by atomic mass is 10.1. The number of halogens is 1. The molecule has 0 fully saturated rings. The van der Waals surface area contributed by atoms with E-state index >= 15 is 0 Å². The molecule has 3 rings (SSSR count). The van der Waals surface area contributed by atoms with Gasteiger partial charge in [-0.05, 0) is 42.5 Å². The Morgan fingerprint density at radius 3 is 2.48 bits per heavy atom. The van der Waals surface area contributed by atoms with Gasteiger partial charge in [0.05, 0.1) is 12.6 Å². The first-order valence-electron chi connectivity index (χ1n) is 6.51. The molecule has 0 unspecified atom stereocenters. The maximum atomic E-state index is 5.92. The largest absolute Gasteiger partial charge is 0.497 e. The Balaban J connectivity index is 2.19. The average molecular weight is 300 g/mol. The minimum atomic E-state index is 0.661. The van der Waals surface area contributed by atoms with Crippen LogP contribution in [-0.4, -0.2) is 24.1 Å². The van der Waals surface area contributed by atoms with E-state index in [2.05, 4.69) is 15.3 Å². The number of hydrogen-bond acceptors (Lipinski definition) is 4. The van der Waals surface area contributed by atoms with E-state index < -0.39 is 0 Å². The van der Waals surface area contributed by atoms with Crippen LogP contribution < -0.4 is 10.1 Å². The monoisotopic (exact) mass is 299 g/mol. The minimum Gasteiger partial charge on any atom is -0.497 e. The molecule has 0 amide bonds. The van der Waals surface area contributed by atoms with E-state index in [1.54, 1.807) is 7.11 Å². The van der Waals surface area contributed by atoms with Crippen molar-refractivity contribution in [1.29, 1.82) is 0 Å². The minimum absolute atomic E-state index is 0.661. The van der Waals surface area contributed by atoms with Gasteiger partial charge in [0.25, 0.3) is 0 Å². The summed E-state index contributed by atoms with van der Waals surface area (Å²) in [6, 6.07) is 13.2. The van der Waals surface area contributed by atoms with Gasteiger partial charge in [-0.1, -0.05) is 11.6 Å². The van der Waals surface area contributed by atoms with Crippen LogP contribution in [0.2, 0.25) is 5.02 Å². The summed E-state index contributed by atoms with van der Waals surface area (Å²) in [5.41, 5.74) is 1.79. The molecule has 0 aliphatic heterocycles. The summed E-state index contributed by atoms with van der Waals surface area (Å²) in [6.07, 6.45) is 0. The van der Waals surface area contributed by atoms with Crippen molar-refractivity contribution < 1.29 is 4.74 Å². The predicted octanol–water partition coefficient (Wildman–Crippen LogP) is 4.00. The molecule has 0 spiro atoms. The fraction of sp³-hybridized carbons (Fsp3) is 0.125. The molecule has 3 aromatic rings. The van der Waals surface area contributed by atoms with Crippen molar-refractivity contribution in [2.45, 2.75) is 0 Å². The zero-order chi connectivity index (χ0) is 14.8. The molecule has 0 atom stereocenters. The standard InChI is InChI=1S/C16H14ClN3O/c1-18-16-13-9-12(21-2)7-8-14(13)19-15(20-16)10-3-5-11(17)6-4-10/h3-9H,1-2H3,(H,18,19,20). The summed E-state index contributed by atoms with van der Waals surface area (Å²) in [5.74, 6) is 2.21. The van der Waals surface area contributed by atoms with E-state index in [1.165, 1.54) is 0 Å². The van der Waals surface area contributed by atoms with Crippen molar-refractivity contribution >= 4 is 28.3 Å². The second kappa shape index (κ2) is 5.58. The first-order valence-corrected chi connectivity index (χ1v) is 6.88. The molecule has 0 bridgehead atoms. The number of ether oxygens (including phenoxy) is 1. The van der Waals surface area contributed by atoms with E-state index in [0.29, 0.717) is 10.8 Å². The molecule has 1 heterocycles. The normalized spacial score (nSPS) is 10.6. The second-order valence-electron chi connectivity index (χ2n) is 4.54. The lowest BCUT2D eigenvalue weighted by Gasteiger charge is -2.09. The molecule has 0 aliphatic rings. The van der Waals surface area contributed by atoms with Gasteiger partial charge >= 0.3 is 0 Å². The highest BCUT2D eigenvalue weighted by Gasteiger charge is 2.09. The maximum absolute atomic E-state index is 5.92. The van der Waals surface area contributed by atoms with Crippen LogP contribution in [0.1, 0.15) is 0 Å². The lowest BCUT2D eigenvalue weighted by molar-refractivity contribution is 0.415. The molecule has 21 heavy (non-hydrogen) atoms. The van der Waals surface area contributed by atoms with Crippen molar-refractivity contribution in [2.24, 2.45) is 0 Å². The van der Waals surface area contributed by atoms with Crippen LogP contribution in [0.5, 0.6) is 5.75 Å². The van der Waals surface area contributed by atoms with Crippen LogP contribution in [0.4, 0.5) is 5.82 Å². The number of hydrogen-bond donors (Lipinski definition) is 1. The third-order valence-electron chi connectivity index (χ3n) is 3.24. The Morgan fingerprint density at radius 1 is 1.05 bits per heavy atom. The van der Waals surface area contributed by atoms with Gasteiger partial charge in [0, 0.05) is 23.0 Å². The molecule has 1 N–H and O–H groups in total. The summed E-state index contributed by atoms with van der Waals surface area (Å²) in [4.78, 5) is 9.18. The molecule has 0 aliphatic carbocycles. The number of nitrogens with zero attached hydrogens (tertiary/aromatic N) is 2. The van der Waals surface area contributed by atoms with Gasteiger partial charge < -0.3 is 10.1 Å². The highest BCUT2D eigenvalue weighted by Crippen LogP contribution is 2.28. The van der Waals surface area contributed by atoms with Crippen LogP contribution in [0.15, 0.2) is 42.5 Å². The summed E-state index contributed by atoms with van der Waals surface area (Å²) < 4.78 is 5.25. The van der Waals surface area contributed by atoms with Gasteiger partial charge in [-0.15, -0.1) is 0 Å². The Bertz CT molecular complexity index is 787. The zero-order valence-corrected chi connectivity index (χ0v) is 12.5.